The number of amides is 1. The fraction of sp³-hybridized carbons (Fsp3) is 0.769. The first-order chi connectivity index (χ1) is 15.5. The molecule has 2 N–H and O–H groups in total. The first-order valence-corrected chi connectivity index (χ1v) is 12.5. The third-order valence-corrected chi connectivity index (χ3v) is 9.45. The Bertz CT molecular complexity index is 880. The Morgan fingerprint density at radius 1 is 1.09 bits per heavy atom. The van der Waals surface area contributed by atoms with E-state index in [4.69, 9.17) is 9.84 Å². The fourth-order valence-electron chi connectivity index (χ4n) is 7.51. The number of hydrogen-bond acceptors (Lipinski definition) is 5. The van der Waals surface area contributed by atoms with E-state index in [2.05, 4.69) is 19.2 Å². The highest BCUT2D eigenvalue weighted by Crippen LogP contribution is 2.65. The van der Waals surface area contributed by atoms with E-state index in [-0.39, 0.29) is 41.5 Å². The number of carboxylic acid groups (broad SMARTS) is 1. The second-order valence-corrected chi connectivity index (χ2v) is 11.2. The summed E-state index contributed by atoms with van der Waals surface area (Å²) < 4.78 is 5.92. The van der Waals surface area contributed by atoms with Gasteiger partial charge in [0.1, 0.15) is 12.1 Å². The molecule has 182 valence electrons. The molecular weight excluding hydrogens is 422 g/mol. The molecule has 7 atom stereocenters. The molecule has 1 amide bonds. The second kappa shape index (κ2) is 8.88. The lowest BCUT2D eigenvalue weighted by atomic mass is 9.47. The summed E-state index contributed by atoms with van der Waals surface area (Å²) in [6, 6.07) is -0.979. The Balaban J connectivity index is 1.37. The number of aliphatic carboxylic acids is 1. The van der Waals surface area contributed by atoms with Crippen LogP contribution in [0.5, 0.6) is 0 Å². The molecule has 0 aliphatic heterocycles. The zero-order chi connectivity index (χ0) is 24.0. The van der Waals surface area contributed by atoms with E-state index in [1.165, 1.54) is 12.5 Å². The van der Waals surface area contributed by atoms with Gasteiger partial charge in [0.15, 0.2) is 5.78 Å². The average molecular weight is 460 g/mol. The maximum Gasteiger partial charge on any atom is 0.325 e. The molecule has 0 spiro atoms. The molecule has 0 unspecified atom stereocenters. The normalized spacial score (nSPS) is 38.3. The second-order valence-electron chi connectivity index (χ2n) is 11.2. The van der Waals surface area contributed by atoms with Crippen LogP contribution in [0.25, 0.3) is 0 Å². The zero-order valence-corrected chi connectivity index (χ0v) is 20.0. The Morgan fingerprint density at radius 2 is 1.85 bits per heavy atom. The highest BCUT2D eigenvalue weighted by Gasteiger charge is 2.59. The van der Waals surface area contributed by atoms with E-state index < -0.39 is 17.9 Å². The summed E-state index contributed by atoms with van der Waals surface area (Å²) in [6.07, 6.45) is 9.46. The maximum absolute atomic E-state index is 12.5. The minimum Gasteiger partial charge on any atom is -0.480 e. The molecule has 7 nitrogen and oxygen atoms in total. The van der Waals surface area contributed by atoms with Crippen molar-refractivity contribution in [3.8, 4) is 0 Å². The van der Waals surface area contributed by atoms with Gasteiger partial charge >= 0.3 is 11.9 Å². The minimum atomic E-state index is -1.11. The van der Waals surface area contributed by atoms with E-state index in [0.29, 0.717) is 24.2 Å². The van der Waals surface area contributed by atoms with Crippen LogP contribution in [0.3, 0.4) is 0 Å². The van der Waals surface area contributed by atoms with Gasteiger partial charge < -0.3 is 15.2 Å². The molecule has 33 heavy (non-hydrogen) atoms. The first-order valence-electron chi connectivity index (χ1n) is 12.5. The van der Waals surface area contributed by atoms with Gasteiger partial charge in [-0.1, -0.05) is 19.4 Å². The van der Waals surface area contributed by atoms with Crippen molar-refractivity contribution in [2.24, 2.45) is 28.6 Å². The van der Waals surface area contributed by atoms with Crippen molar-refractivity contribution in [1.29, 1.82) is 0 Å². The molecule has 4 aliphatic carbocycles. The Kier molecular flexibility index (Phi) is 6.45. The molecule has 0 radical (unpaired) electrons. The third-order valence-electron chi connectivity index (χ3n) is 9.45. The number of fused-ring (bicyclic) bond motifs is 5. The number of allylic oxidation sites excluding steroid dienone is 1. The van der Waals surface area contributed by atoms with E-state index in [9.17, 15) is 19.2 Å². The van der Waals surface area contributed by atoms with Gasteiger partial charge in [-0.15, -0.1) is 0 Å². The predicted octanol–water partition coefficient (Wildman–Crippen LogP) is 3.80. The number of nitrogens with one attached hydrogen (secondary N) is 1. The fourth-order valence-corrected chi connectivity index (χ4v) is 7.51. The van der Waals surface area contributed by atoms with Crippen LogP contribution in [0, 0.1) is 28.6 Å². The van der Waals surface area contributed by atoms with E-state index in [0.717, 1.165) is 44.9 Å². The van der Waals surface area contributed by atoms with Crippen LogP contribution in [-0.2, 0) is 23.9 Å². The average Bonchev–Trinajstić information content (AvgIpc) is 3.09. The number of hydrogen-bond donors (Lipinski definition) is 2. The summed E-state index contributed by atoms with van der Waals surface area (Å²) in [5, 5.41) is 11.3. The smallest absolute Gasteiger partial charge is 0.325 e. The summed E-state index contributed by atoms with van der Waals surface area (Å²) in [6.45, 7) is 6.04. The van der Waals surface area contributed by atoms with Crippen molar-refractivity contribution >= 4 is 23.6 Å². The monoisotopic (exact) mass is 459 g/mol. The lowest BCUT2D eigenvalue weighted by Crippen LogP contribution is -2.51. The van der Waals surface area contributed by atoms with Gasteiger partial charge in [-0.25, -0.2) is 0 Å². The molecule has 0 aromatic heterocycles. The number of carboxylic acids is 1. The van der Waals surface area contributed by atoms with Crippen LogP contribution in [0.4, 0.5) is 0 Å². The number of carbonyl (C=O) groups excluding carboxylic acids is 3. The summed E-state index contributed by atoms with van der Waals surface area (Å²) >= 11 is 0. The molecule has 0 aromatic rings. The van der Waals surface area contributed by atoms with Gasteiger partial charge in [0.05, 0.1) is 6.42 Å². The van der Waals surface area contributed by atoms with Crippen molar-refractivity contribution in [2.45, 2.75) is 97.1 Å². The van der Waals surface area contributed by atoms with Crippen molar-refractivity contribution in [2.75, 3.05) is 0 Å². The quantitative estimate of drug-likeness (QED) is 0.585. The highest BCUT2D eigenvalue weighted by molar-refractivity contribution is 5.91. The predicted molar refractivity (Wildman–Crippen MR) is 121 cm³/mol. The molecule has 0 aromatic carbocycles. The topological polar surface area (TPSA) is 110 Å². The molecule has 0 saturated heterocycles. The van der Waals surface area contributed by atoms with E-state index in [1.807, 2.05) is 6.08 Å². The summed E-state index contributed by atoms with van der Waals surface area (Å²) in [5.41, 5.74) is 1.45. The maximum atomic E-state index is 12.5. The molecular formula is C26H37NO6. The number of rotatable bonds is 6. The standard InChI is InChI=1S/C26H37NO6/c1-15(24(31)32)27-22(29)8-9-23(30)33-21-7-6-19-18-5-4-16-14-17(28)10-12-25(16,2)20(18)11-13-26(19,21)3/h14-15,18-21H,4-13H2,1-3H3,(H,27,29)(H,31,32)/t15-,18-,19+,20-,21-,25+,26+/m1/s1. The van der Waals surface area contributed by atoms with Crippen LogP contribution < -0.4 is 5.32 Å². The highest BCUT2D eigenvalue weighted by atomic mass is 16.5. The molecule has 4 rings (SSSR count). The molecule has 0 heterocycles. The minimum absolute atomic E-state index is 0.0400. The lowest BCUT2D eigenvalue weighted by molar-refractivity contribution is -0.160. The number of ether oxygens (including phenoxy) is 1. The van der Waals surface area contributed by atoms with E-state index >= 15 is 0 Å². The Labute approximate surface area is 195 Å². The summed E-state index contributed by atoms with van der Waals surface area (Å²) in [4.78, 5) is 47.3. The van der Waals surface area contributed by atoms with Crippen molar-refractivity contribution in [3.05, 3.63) is 11.6 Å². The molecule has 0 bridgehead atoms. The van der Waals surface area contributed by atoms with Crippen LogP contribution >= 0.6 is 0 Å². The van der Waals surface area contributed by atoms with Gasteiger partial charge in [-0.3, -0.25) is 19.2 Å². The Hall–Kier alpha value is -2.18. The number of esters is 1. The van der Waals surface area contributed by atoms with Crippen LogP contribution in [0.2, 0.25) is 0 Å². The summed E-state index contributed by atoms with van der Waals surface area (Å²) in [7, 11) is 0. The van der Waals surface area contributed by atoms with Crippen molar-refractivity contribution < 1.29 is 29.0 Å². The SMILES string of the molecule is C[C@@H](NC(=O)CCC(=O)O[C@@H]1CC[C@H]2[C@H]3CCC4=CC(=O)CC[C@]4(C)[C@@H]3CC[C@]12C)C(=O)O. The van der Waals surface area contributed by atoms with Gasteiger partial charge in [-0.05, 0) is 81.1 Å². The van der Waals surface area contributed by atoms with Crippen LogP contribution in [0.15, 0.2) is 11.6 Å². The molecule has 4 aliphatic rings. The third kappa shape index (κ3) is 4.35. The largest absolute Gasteiger partial charge is 0.480 e. The first kappa shape index (κ1) is 24.0. The number of ketones is 1. The van der Waals surface area contributed by atoms with Crippen LogP contribution in [0.1, 0.15) is 85.0 Å². The Morgan fingerprint density at radius 3 is 2.58 bits per heavy atom. The molecule has 3 fully saturated rings. The molecule has 3 saturated carbocycles. The van der Waals surface area contributed by atoms with Crippen LogP contribution in [-0.4, -0.2) is 40.9 Å². The van der Waals surface area contributed by atoms with E-state index in [1.54, 1.807) is 0 Å². The van der Waals surface area contributed by atoms with Gasteiger partial charge in [0, 0.05) is 18.3 Å². The van der Waals surface area contributed by atoms with Gasteiger partial charge in [-0.2, -0.15) is 0 Å². The molecule has 7 heteroatoms. The van der Waals surface area contributed by atoms with Crippen molar-refractivity contribution in [3.63, 3.8) is 0 Å². The zero-order valence-electron chi connectivity index (χ0n) is 20.0. The summed E-state index contributed by atoms with van der Waals surface area (Å²) in [5.74, 6) is 0.0526. The van der Waals surface area contributed by atoms with Crippen molar-refractivity contribution in [1.82, 2.24) is 5.32 Å². The lowest BCUT2D eigenvalue weighted by Gasteiger charge is -2.57. The van der Waals surface area contributed by atoms with Gasteiger partial charge in [0.2, 0.25) is 5.91 Å². The number of carbonyl (C=O) groups is 4. The van der Waals surface area contributed by atoms with Gasteiger partial charge in [0.25, 0.3) is 0 Å².